The van der Waals surface area contributed by atoms with Crippen molar-refractivity contribution >= 4 is 44.5 Å². The summed E-state index contributed by atoms with van der Waals surface area (Å²) in [5.41, 5.74) is -2.24. The normalized spacial score (nSPS) is 11.7. The third kappa shape index (κ3) is 4.39. The minimum atomic E-state index is -4.64. The van der Waals surface area contributed by atoms with E-state index in [1.54, 1.807) is 11.4 Å². The Morgan fingerprint density at radius 1 is 0.969 bits per heavy atom. The molecule has 0 bridgehead atoms. The molecule has 0 radical (unpaired) electrons. The fourth-order valence-electron chi connectivity index (χ4n) is 3.33. The molecule has 0 atom stereocenters. The number of carbonyl (C=O) groups is 1. The third-order valence-corrected chi connectivity index (χ3v) is 6.63. The Labute approximate surface area is 187 Å². The molecular formula is C21H16F3N3O3S2. The number of hydrogen-bond acceptors (Lipinski definition) is 5. The average molecular weight is 480 g/mol. The van der Waals surface area contributed by atoms with E-state index in [0.717, 1.165) is 37.5 Å². The topological polar surface area (TPSA) is 73.1 Å². The molecule has 4 rings (SSSR count). The highest BCUT2D eigenvalue weighted by molar-refractivity contribution is 7.17. The SMILES string of the molecule is O=C(Cn1c(=O)n(CCc2cccs2)c(=O)c2sccc21)Nc1ccccc1C(F)(F)F. The zero-order chi connectivity index (χ0) is 22.9. The van der Waals surface area contributed by atoms with Crippen molar-refractivity contribution in [3.8, 4) is 0 Å². The van der Waals surface area contributed by atoms with E-state index in [-0.39, 0.29) is 12.1 Å². The van der Waals surface area contributed by atoms with Gasteiger partial charge in [0.25, 0.3) is 5.56 Å². The molecule has 6 nitrogen and oxygen atoms in total. The van der Waals surface area contributed by atoms with Crippen LogP contribution in [0.1, 0.15) is 10.4 Å². The van der Waals surface area contributed by atoms with Crippen LogP contribution < -0.4 is 16.6 Å². The summed E-state index contributed by atoms with van der Waals surface area (Å²) in [5, 5.41) is 5.76. The van der Waals surface area contributed by atoms with Gasteiger partial charge in [-0.3, -0.25) is 18.7 Å². The lowest BCUT2D eigenvalue weighted by molar-refractivity contribution is -0.137. The molecule has 1 N–H and O–H groups in total. The monoisotopic (exact) mass is 479 g/mol. The number of amides is 1. The van der Waals surface area contributed by atoms with Gasteiger partial charge in [-0.05, 0) is 41.4 Å². The Morgan fingerprint density at radius 3 is 2.47 bits per heavy atom. The Hall–Kier alpha value is -3.18. The van der Waals surface area contributed by atoms with Gasteiger partial charge in [-0.15, -0.1) is 22.7 Å². The van der Waals surface area contributed by atoms with Crippen molar-refractivity contribution in [3.05, 3.63) is 84.5 Å². The van der Waals surface area contributed by atoms with E-state index in [0.29, 0.717) is 11.1 Å². The maximum absolute atomic E-state index is 13.2. The first-order valence-corrected chi connectivity index (χ1v) is 11.2. The Bertz CT molecular complexity index is 1390. The van der Waals surface area contributed by atoms with Crippen LogP contribution >= 0.6 is 22.7 Å². The average Bonchev–Trinajstić information content (AvgIpc) is 3.43. The van der Waals surface area contributed by atoms with Crippen molar-refractivity contribution in [2.45, 2.75) is 25.7 Å². The van der Waals surface area contributed by atoms with Gasteiger partial charge < -0.3 is 5.32 Å². The molecule has 1 amide bonds. The van der Waals surface area contributed by atoms with Gasteiger partial charge >= 0.3 is 11.9 Å². The highest BCUT2D eigenvalue weighted by atomic mass is 32.1. The van der Waals surface area contributed by atoms with Crippen LogP contribution in [0.2, 0.25) is 0 Å². The van der Waals surface area contributed by atoms with E-state index in [4.69, 9.17) is 0 Å². The van der Waals surface area contributed by atoms with Gasteiger partial charge in [0.15, 0.2) is 0 Å². The summed E-state index contributed by atoms with van der Waals surface area (Å²) in [6.45, 7) is -0.401. The van der Waals surface area contributed by atoms with Crippen molar-refractivity contribution < 1.29 is 18.0 Å². The zero-order valence-corrected chi connectivity index (χ0v) is 18.0. The molecule has 0 aliphatic carbocycles. The Kier molecular flexibility index (Phi) is 6.02. The van der Waals surface area contributed by atoms with E-state index in [1.807, 2.05) is 17.5 Å². The zero-order valence-electron chi connectivity index (χ0n) is 16.4. The molecule has 4 aromatic rings. The molecule has 1 aromatic carbocycles. The summed E-state index contributed by atoms with van der Waals surface area (Å²) < 4.78 is 42.1. The predicted octanol–water partition coefficient (Wildman–Crippen LogP) is 4.19. The van der Waals surface area contributed by atoms with E-state index < -0.39 is 41.1 Å². The largest absolute Gasteiger partial charge is 0.418 e. The van der Waals surface area contributed by atoms with Crippen molar-refractivity contribution in [2.24, 2.45) is 0 Å². The highest BCUT2D eigenvalue weighted by Gasteiger charge is 2.33. The first-order chi connectivity index (χ1) is 15.3. The lowest BCUT2D eigenvalue weighted by atomic mass is 10.1. The Morgan fingerprint density at radius 2 is 1.75 bits per heavy atom. The number of benzene rings is 1. The molecule has 3 aromatic heterocycles. The summed E-state index contributed by atoms with van der Waals surface area (Å²) >= 11 is 2.64. The Balaban J connectivity index is 1.66. The summed E-state index contributed by atoms with van der Waals surface area (Å²) in [5.74, 6) is -0.806. The fraction of sp³-hybridized carbons (Fsp3) is 0.190. The van der Waals surface area contributed by atoms with Crippen LogP contribution in [0.15, 0.2) is 62.8 Å². The quantitative estimate of drug-likeness (QED) is 0.451. The molecule has 0 unspecified atom stereocenters. The number of thiophene rings is 2. The molecular weight excluding hydrogens is 463 g/mol. The van der Waals surface area contributed by atoms with Crippen molar-refractivity contribution in [1.82, 2.24) is 9.13 Å². The lowest BCUT2D eigenvalue weighted by Gasteiger charge is -2.15. The second-order valence-electron chi connectivity index (χ2n) is 6.88. The van der Waals surface area contributed by atoms with Gasteiger partial charge in [0, 0.05) is 11.4 Å². The molecule has 32 heavy (non-hydrogen) atoms. The standard InChI is InChI=1S/C21H16F3N3O3S2/c22-21(23,24)14-5-1-2-6-15(14)25-17(28)12-27-16-8-11-32-18(16)19(29)26(20(27)30)9-7-13-4-3-10-31-13/h1-6,8,10-11H,7,9,12H2,(H,25,28). The fourth-order valence-corrected chi connectivity index (χ4v) is 4.87. The molecule has 0 fully saturated rings. The second kappa shape index (κ2) is 8.75. The molecule has 0 saturated heterocycles. The second-order valence-corrected chi connectivity index (χ2v) is 8.83. The summed E-state index contributed by atoms with van der Waals surface area (Å²) in [7, 11) is 0. The molecule has 11 heteroatoms. The van der Waals surface area contributed by atoms with Crippen LogP contribution in [0.25, 0.3) is 10.2 Å². The van der Waals surface area contributed by atoms with Crippen LogP contribution in [0.3, 0.4) is 0 Å². The summed E-state index contributed by atoms with van der Waals surface area (Å²) in [4.78, 5) is 39.4. The van der Waals surface area contributed by atoms with Crippen molar-refractivity contribution in [1.29, 1.82) is 0 Å². The lowest BCUT2D eigenvalue weighted by Crippen LogP contribution is -2.41. The van der Waals surface area contributed by atoms with Gasteiger partial charge in [0.2, 0.25) is 5.91 Å². The van der Waals surface area contributed by atoms with Crippen LogP contribution in [-0.4, -0.2) is 15.0 Å². The molecule has 0 spiro atoms. The van der Waals surface area contributed by atoms with Crippen LogP contribution in [0.4, 0.5) is 18.9 Å². The van der Waals surface area contributed by atoms with E-state index in [1.165, 1.54) is 23.5 Å². The van der Waals surface area contributed by atoms with E-state index in [9.17, 15) is 27.6 Å². The predicted molar refractivity (Wildman–Crippen MR) is 118 cm³/mol. The number of nitrogens with zero attached hydrogens (tertiary/aromatic N) is 2. The maximum atomic E-state index is 13.2. The van der Waals surface area contributed by atoms with Crippen LogP contribution in [0, 0.1) is 0 Å². The molecule has 166 valence electrons. The molecule has 0 saturated carbocycles. The number of fused-ring (bicyclic) bond motifs is 1. The van der Waals surface area contributed by atoms with Crippen molar-refractivity contribution in [3.63, 3.8) is 0 Å². The highest BCUT2D eigenvalue weighted by Crippen LogP contribution is 2.34. The van der Waals surface area contributed by atoms with Gasteiger partial charge in [0.05, 0.1) is 16.8 Å². The van der Waals surface area contributed by atoms with Gasteiger partial charge in [0.1, 0.15) is 11.2 Å². The van der Waals surface area contributed by atoms with Gasteiger partial charge in [-0.2, -0.15) is 13.2 Å². The summed E-state index contributed by atoms with van der Waals surface area (Å²) in [6.07, 6.45) is -4.18. The number of alkyl halides is 3. The first kappa shape index (κ1) is 22.0. The third-order valence-electron chi connectivity index (χ3n) is 4.81. The summed E-state index contributed by atoms with van der Waals surface area (Å²) in [6, 6.07) is 9.91. The van der Waals surface area contributed by atoms with Crippen LogP contribution in [0.5, 0.6) is 0 Å². The number of hydrogen-bond donors (Lipinski definition) is 1. The minimum absolute atomic E-state index is 0.130. The minimum Gasteiger partial charge on any atom is -0.324 e. The van der Waals surface area contributed by atoms with E-state index in [2.05, 4.69) is 5.32 Å². The first-order valence-electron chi connectivity index (χ1n) is 9.45. The number of nitrogens with one attached hydrogen (secondary N) is 1. The number of halogens is 3. The number of aromatic nitrogens is 2. The van der Waals surface area contributed by atoms with Crippen LogP contribution in [-0.2, 0) is 30.5 Å². The number of anilines is 1. The maximum Gasteiger partial charge on any atom is 0.418 e. The number of rotatable bonds is 6. The molecule has 3 heterocycles. The number of carbonyl (C=O) groups excluding carboxylic acids is 1. The number of aryl methyl sites for hydroxylation is 1. The molecule has 0 aliphatic rings. The van der Waals surface area contributed by atoms with E-state index >= 15 is 0 Å². The molecule has 0 aliphatic heterocycles. The van der Waals surface area contributed by atoms with Gasteiger partial charge in [-0.1, -0.05) is 18.2 Å². The smallest absolute Gasteiger partial charge is 0.324 e. The number of para-hydroxylation sites is 1. The van der Waals surface area contributed by atoms with Gasteiger partial charge in [-0.25, -0.2) is 4.79 Å². The van der Waals surface area contributed by atoms with Crippen molar-refractivity contribution in [2.75, 3.05) is 5.32 Å².